The molecule has 0 aromatic heterocycles. The van der Waals surface area contributed by atoms with Crippen molar-refractivity contribution < 1.29 is 22.6 Å². The summed E-state index contributed by atoms with van der Waals surface area (Å²) in [4.78, 5) is 0. The first kappa shape index (κ1) is 15.3. The molecule has 20 heavy (non-hydrogen) atoms. The Hall–Kier alpha value is -1.11. The standard InChI is InChI=1S/C14H18F3NO2/c1-2-18-13(12-9-19-7-8-20-12)10-3-5-11(6-4-10)14(15,16)17/h3-6,12-13,18H,2,7-9H2,1H3. The van der Waals surface area contributed by atoms with Gasteiger partial charge < -0.3 is 14.8 Å². The highest BCUT2D eigenvalue weighted by atomic mass is 19.4. The van der Waals surface area contributed by atoms with Gasteiger partial charge in [0.05, 0.1) is 31.4 Å². The monoisotopic (exact) mass is 289 g/mol. The van der Waals surface area contributed by atoms with Crippen LogP contribution >= 0.6 is 0 Å². The molecule has 1 N–H and O–H groups in total. The molecule has 1 heterocycles. The minimum atomic E-state index is -4.31. The maximum absolute atomic E-state index is 12.6. The summed E-state index contributed by atoms with van der Waals surface area (Å²) in [6.07, 6.45) is -4.49. The van der Waals surface area contributed by atoms with Crippen LogP contribution in [0.1, 0.15) is 24.1 Å². The van der Waals surface area contributed by atoms with Gasteiger partial charge >= 0.3 is 6.18 Å². The summed E-state index contributed by atoms with van der Waals surface area (Å²) in [7, 11) is 0. The van der Waals surface area contributed by atoms with E-state index in [1.807, 2.05) is 6.92 Å². The lowest BCUT2D eigenvalue weighted by atomic mass is 9.99. The molecule has 0 radical (unpaired) electrons. The van der Waals surface area contributed by atoms with Crippen LogP contribution in [0.4, 0.5) is 13.2 Å². The predicted octanol–water partition coefficient (Wildman–Crippen LogP) is 2.77. The molecule has 1 aliphatic rings. The highest BCUT2D eigenvalue weighted by molar-refractivity contribution is 5.27. The Kier molecular flexibility index (Phi) is 5.01. The van der Waals surface area contributed by atoms with Crippen molar-refractivity contribution in [2.75, 3.05) is 26.4 Å². The third kappa shape index (κ3) is 3.71. The van der Waals surface area contributed by atoms with E-state index < -0.39 is 11.7 Å². The summed E-state index contributed by atoms with van der Waals surface area (Å²) in [5.74, 6) is 0. The number of nitrogens with one attached hydrogen (secondary N) is 1. The average Bonchev–Trinajstić information content (AvgIpc) is 2.45. The largest absolute Gasteiger partial charge is 0.416 e. The summed E-state index contributed by atoms with van der Waals surface area (Å²) >= 11 is 0. The maximum atomic E-state index is 12.6. The second-order valence-corrected chi connectivity index (χ2v) is 4.64. The van der Waals surface area contributed by atoms with E-state index in [0.717, 1.165) is 17.7 Å². The van der Waals surface area contributed by atoms with Gasteiger partial charge in [-0.2, -0.15) is 13.2 Å². The van der Waals surface area contributed by atoms with Crippen molar-refractivity contribution in [3.05, 3.63) is 35.4 Å². The third-order valence-corrected chi connectivity index (χ3v) is 3.23. The molecule has 1 aromatic rings. The molecular weight excluding hydrogens is 271 g/mol. The van der Waals surface area contributed by atoms with Crippen LogP contribution in [0.5, 0.6) is 0 Å². The highest BCUT2D eigenvalue weighted by Gasteiger charge is 2.31. The van der Waals surface area contributed by atoms with Gasteiger partial charge in [0.1, 0.15) is 6.10 Å². The fourth-order valence-corrected chi connectivity index (χ4v) is 2.26. The van der Waals surface area contributed by atoms with Gasteiger partial charge in [0.25, 0.3) is 0 Å². The smallest absolute Gasteiger partial charge is 0.376 e. The van der Waals surface area contributed by atoms with Crippen LogP contribution in [0.25, 0.3) is 0 Å². The topological polar surface area (TPSA) is 30.5 Å². The Morgan fingerprint density at radius 1 is 1.25 bits per heavy atom. The minimum absolute atomic E-state index is 0.164. The van der Waals surface area contributed by atoms with Crippen molar-refractivity contribution in [1.82, 2.24) is 5.32 Å². The van der Waals surface area contributed by atoms with E-state index in [4.69, 9.17) is 9.47 Å². The van der Waals surface area contributed by atoms with Crippen molar-refractivity contribution in [3.8, 4) is 0 Å². The van der Waals surface area contributed by atoms with Crippen molar-refractivity contribution in [2.24, 2.45) is 0 Å². The van der Waals surface area contributed by atoms with Crippen LogP contribution in [-0.2, 0) is 15.7 Å². The Labute approximate surface area is 116 Å². The lowest BCUT2D eigenvalue weighted by Crippen LogP contribution is -2.40. The third-order valence-electron chi connectivity index (χ3n) is 3.23. The Morgan fingerprint density at radius 3 is 2.45 bits per heavy atom. The number of rotatable bonds is 4. The first-order valence-electron chi connectivity index (χ1n) is 6.62. The van der Waals surface area contributed by atoms with Gasteiger partial charge in [0.15, 0.2) is 0 Å². The van der Waals surface area contributed by atoms with Gasteiger partial charge in [-0.15, -0.1) is 0 Å². The van der Waals surface area contributed by atoms with Crippen LogP contribution in [0, 0.1) is 0 Å². The zero-order valence-electron chi connectivity index (χ0n) is 11.2. The van der Waals surface area contributed by atoms with E-state index in [-0.39, 0.29) is 12.1 Å². The normalized spacial score (nSPS) is 21.7. The fraction of sp³-hybridized carbons (Fsp3) is 0.571. The van der Waals surface area contributed by atoms with Gasteiger partial charge in [-0.1, -0.05) is 19.1 Å². The van der Waals surface area contributed by atoms with Gasteiger partial charge in [-0.05, 0) is 24.2 Å². The molecule has 6 heteroatoms. The second kappa shape index (κ2) is 6.56. The molecule has 2 unspecified atom stereocenters. The summed E-state index contributed by atoms with van der Waals surface area (Å²) in [6, 6.07) is 5.03. The highest BCUT2D eigenvalue weighted by Crippen LogP contribution is 2.30. The molecule has 0 spiro atoms. The van der Waals surface area contributed by atoms with E-state index >= 15 is 0 Å². The predicted molar refractivity (Wildman–Crippen MR) is 68.4 cm³/mol. The average molecular weight is 289 g/mol. The van der Waals surface area contributed by atoms with Crippen LogP contribution in [0.2, 0.25) is 0 Å². The molecule has 112 valence electrons. The van der Waals surface area contributed by atoms with Crippen LogP contribution in [-0.4, -0.2) is 32.5 Å². The lowest BCUT2D eigenvalue weighted by molar-refractivity contribution is -0.137. The summed E-state index contributed by atoms with van der Waals surface area (Å²) in [5, 5.41) is 3.24. The molecule has 1 saturated heterocycles. The molecule has 2 atom stereocenters. The zero-order chi connectivity index (χ0) is 14.6. The van der Waals surface area contributed by atoms with Crippen molar-refractivity contribution in [3.63, 3.8) is 0 Å². The molecule has 0 amide bonds. The summed E-state index contributed by atoms with van der Waals surface area (Å²) in [5.41, 5.74) is 0.132. The quantitative estimate of drug-likeness (QED) is 0.924. The van der Waals surface area contributed by atoms with E-state index in [1.54, 1.807) is 0 Å². The summed E-state index contributed by atoms with van der Waals surface area (Å²) < 4.78 is 48.7. The zero-order valence-corrected chi connectivity index (χ0v) is 11.2. The van der Waals surface area contributed by atoms with Crippen LogP contribution < -0.4 is 5.32 Å². The Morgan fingerprint density at radius 2 is 1.95 bits per heavy atom. The molecular formula is C14H18F3NO2. The van der Waals surface area contributed by atoms with Crippen molar-refractivity contribution in [2.45, 2.75) is 25.2 Å². The fourth-order valence-electron chi connectivity index (χ4n) is 2.26. The van der Waals surface area contributed by atoms with Crippen LogP contribution in [0.15, 0.2) is 24.3 Å². The van der Waals surface area contributed by atoms with E-state index in [2.05, 4.69) is 5.32 Å². The van der Waals surface area contributed by atoms with Gasteiger partial charge in [-0.25, -0.2) is 0 Å². The van der Waals surface area contributed by atoms with Gasteiger partial charge in [0, 0.05) is 0 Å². The SMILES string of the molecule is CCNC(c1ccc(C(F)(F)F)cc1)C1COCCO1. The molecule has 1 aliphatic heterocycles. The number of benzene rings is 1. The molecule has 3 nitrogen and oxygen atoms in total. The lowest BCUT2D eigenvalue weighted by Gasteiger charge is -2.31. The van der Waals surface area contributed by atoms with Crippen molar-refractivity contribution in [1.29, 1.82) is 0 Å². The molecule has 1 aromatic carbocycles. The Balaban J connectivity index is 2.16. The maximum Gasteiger partial charge on any atom is 0.416 e. The Bertz CT molecular complexity index is 413. The summed E-state index contributed by atoms with van der Waals surface area (Å²) in [6.45, 7) is 4.15. The van der Waals surface area contributed by atoms with Crippen molar-refractivity contribution >= 4 is 0 Å². The minimum Gasteiger partial charge on any atom is -0.376 e. The number of likely N-dealkylation sites (N-methyl/N-ethyl adjacent to an activating group) is 1. The van der Waals surface area contributed by atoms with E-state index in [9.17, 15) is 13.2 Å². The number of halogens is 3. The number of hydrogen-bond donors (Lipinski definition) is 1. The second-order valence-electron chi connectivity index (χ2n) is 4.64. The molecule has 2 rings (SSSR count). The van der Waals surface area contributed by atoms with E-state index in [1.165, 1.54) is 12.1 Å². The number of hydrogen-bond acceptors (Lipinski definition) is 3. The number of alkyl halides is 3. The number of ether oxygens (including phenoxy) is 2. The molecule has 0 saturated carbocycles. The first-order chi connectivity index (χ1) is 9.52. The molecule has 1 fully saturated rings. The first-order valence-corrected chi connectivity index (χ1v) is 6.62. The molecule has 0 aliphatic carbocycles. The molecule has 0 bridgehead atoms. The van der Waals surface area contributed by atoms with Gasteiger partial charge in [-0.3, -0.25) is 0 Å². The van der Waals surface area contributed by atoms with Crippen LogP contribution in [0.3, 0.4) is 0 Å². The van der Waals surface area contributed by atoms with Gasteiger partial charge in [0.2, 0.25) is 0 Å². The van der Waals surface area contributed by atoms with E-state index in [0.29, 0.717) is 26.4 Å².